The summed E-state index contributed by atoms with van der Waals surface area (Å²) >= 11 is 1.69. The van der Waals surface area contributed by atoms with Gasteiger partial charge in [0, 0.05) is 17.7 Å². The summed E-state index contributed by atoms with van der Waals surface area (Å²) in [6.07, 6.45) is 0.812. The van der Waals surface area contributed by atoms with Crippen molar-refractivity contribution in [3.63, 3.8) is 0 Å². The zero-order chi connectivity index (χ0) is 13.0. The Morgan fingerprint density at radius 1 is 1.22 bits per heavy atom. The first kappa shape index (κ1) is 12.9. The number of nitrogens with two attached hydrogens (primary N) is 1. The lowest BCUT2D eigenvalue weighted by Gasteiger charge is -2.16. The van der Waals surface area contributed by atoms with Crippen LogP contribution < -0.4 is 15.2 Å². The number of ether oxygens (including phenoxy) is 2. The normalized spacial score (nSPS) is 12.2. The van der Waals surface area contributed by atoms with Gasteiger partial charge in [0.1, 0.15) is 11.5 Å². The summed E-state index contributed by atoms with van der Waals surface area (Å²) in [4.78, 5) is 0. The fourth-order valence-electron chi connectivity index (χ4n) is 1.90. The molecule has 0 radical (unpaired) electrons. The van der Waals surface area contributed by atoms with E-state index in [0.717, 1.165) is 23.5 Å². The van der Waals surface area contributed by atoms with E-state index < -0.39 is 0 Å². The lowest BCUT2D eigenvalue weighted by Crippen LogP contribution is -2.14. The van der Waals surface area contributed by atoms with Gasteiger partial charge in [-0.1, -0.05) is 6.07 Å². The van der Waals surface area contributed by atoms with Crippen LogP contribution in [-0.2, 0) is 6.42 Å². The van der Waals surface area contributed by atoms with Crippen LogP contribution in [0.15, 0.2) is 35.0 Å². The van der Waals surface area contributed by atoms with Gasteiger partial charge in [-0.3, -0.25) is 0 Å². The molecule has 1 heterocycles. The Labute approximate surface area is 111 Å². The molecule has 0 saturated carbocycles. The predicted molar refractivity (Wildman–Crippen MR) is 74.5 cm³/mol. The van der Waals surface area contributed by atoms with Crippen molar-refractivity contribution < 1.29 is 9.47 Å². The summed E-state index contributed by atoms with van der Waals surface area (Å²) in [6, 6.07) is 7.77. The third-order valence-electron chi connectivity index (χ3n) is 2.88. The lowest BCUT2D eigenvalue weighted by molar-refractivity contribution is 0.388. The molecule has 0 bridgehead atoms. The fourth-order valence-corrected chi connectivity index (χ4v) is 2.58. The van der Waals surface area contributed by atoms with Crippen LogP contribution in [-0.4, -0.2) is 14.2 Å². The highest BCUT2D eigenvalue weighted by Gasteiger charge is 2.13. The zero-order valence-electron chi connectivity index (χ0n) is 10.6. The molecule has 4 heteroatoms. The van der Waals surface area contributed by atoms with Crippen LogP contribution in [0.1, 0.15) is 17.2 Å². The van der Waals surface area contributed by atoms with Gasteiger partial charge in [-0.2, -0.15) is 11.3 Å². The Morgan fingerprint density at radius 2 is 2.06 bits per heavy atom. The van der Waals surface area contributed by atoms with E-state index in [1.165, 1.54) is 5.56 Å². The van der Waals surface area contributed by atoms with E-state index in [1.807, 2.05) is 18.2 Å². The molecule has 1 atom stereocenters. The predicted octanol–water partition coefficient (Wildman–Crippen LogP) is 3.01. The number of hydrogen-bond donors (Lipinski definition) is 1. The lowest BCUT2D eigenvalue weighted by atomic mass is 10.0. The average Bonchev–Trinajstić information content (AvgIpc) is 2.90. The van der Waals surface area contributed by atoms with Gasteiger partial charge in [-0.15, -0.1) is 0 Å². The number of rotatable bonds is 5. The summed E-state index contributed by atoms with van der Waals surface area (Å²) in [5.74, 6) is 1.55. The number of thiophene rings is 1. The third kappa shape index (κ3) is 2.83. The molecule has 0 fully saturated rings. The Bertz CT molecular complexity index is 497. The molecule has 2 aromatic rings. The average molecular weight is 263 g/mol. The molecule has 1 aromatic carbocycles. The van der Waals surface area contributed by atoms with Gasteiger partial charge in [-0.05, 0) is 34.9 Å². The van der Waals surface area contributed by atoms with Crippen LogP contribution in [0.2, 0.25) is 0 Å². The summed E-state index contributed by atoms with van der Waals surface area (Å²) < 4.78 is 10.5. The van der Waals surface area contributed by atoms with E-state index in [2.05, 4.69) is 16.8 Å². The number of hydrogen-bond acceptors (Lipinski definition) is 4. The van der Waals surface area contributed by atoms with Crippen LogP contribution >= 0.6 is 11.3 Å². The molecule has 0 aliphatic heterocycles. The molecule has 1 aromatic heterocycles. The molecule has 18 heavy (non-hydrogen) atoms. The summed E-state index contributed by atoms with van der Waals surface area (Å²) in [7, 11) is 3.29. The van der Waals surface area contributed by atoms with Crippen molar-refractivity contribution in [2.24, 2.45) is 5.73 Å². The van der Waals surface area contributed by atoms with Crippen molar-refractivity contribution in [2.45, 2.75) is 12.5 Å². The van der Waals surface area contributed by atoms with E-state index in [4.69, 9.17) is 15.2 Å². The second-order valence-electron chi connectivity index (χ2n) is 4.05. The van der Waals surface area contributed by atoms with Crippen molar-refractivity contribution in [1.29, 1.82) is 0 Å². The first-order valence-electron chi connectivity index (χ1n) is 5.73. The van der Waals surface area contributed by atoms with Gasteiger partial charge in [0.15, 0.2) is 0 Å². The highest BCUT2D eigenvalue weighted by Crippen LogP contribution is 2.30. The van der Waals surface area contributed by atoms with Crippen LogP contribution in [0.5, 0.6) is 11.5 Å². The standard InChI is InChI=1S/C14H17NO2S/c1-16-11-3-4-12(14(8-11)17-2)13(15)7-10-5-6-18-9-10/h3-6,8-9,13H,7,15H2,1-2H3. The van der Waals surface area contributed by atoms with Gasteiger partial charge in [0.05, 0.1) is 14.2 Å². The van der Waals surface area contributed by atoms with Crippen molar-refractivity contribution in [1.82, 2.24) is 0 Å². The first-order chi connectivity index (χ1) is 8.74. The Hall–Kier alpha value is -1.52. The Kier molecular flexibility index (Phi) is 4.23. The van der Waals surface area contributed by atoms with Gasteiger partial charge in [0.25, 0.3) is 0 Å². The van der Waals surface area contributed by atoms with E-state index >= 15 is 0 Å². The quantitative estimate of drug-likeness (QED) is 0.902. The summed E-state index contributed by atoms with van der Waals surface area (Å²) in [5.41, 5.74) is 8.50. The van der Waals surface area contributed by atoms with Crippen molar-refractivity contribution in [3.05, 3.63) is 46.2 Å². The maximum absolute atomic E-state index is 6.24. The van der Waals surface area contributed by atoms with E-state index in [0.29, 0.717) is 0 Å². The monoisotopic (exact) mass is 263 g/mol. The van der Waals surface area contributed by atoms with E-state index in [-0.39, 0.29) is 6.04 Å². The molecule has 0 aliphatic rings. The van der Waals surface area contributed by atoms with Crippen LogP contribution in [0.25, 0.3) is 0 Å². The molecule has 1 unspecified atom stereocenters. The fraction of sp³-hybridized carbons (Fsp3) is 0.286. The molecule has 0 spiro atoms. The van der Waals surface area contributed by atoms with Crippen molar-refractivity contribution in [2.75, 3.05) is 14.2 Å². The Morgan fingerprint density at radius 3 is 2.67 bits per heavy atom. The zero-order valence-corrected chi connectivity index (χ0v) is 11.4. The van der Waals surface area contributed by atoms with Crippen molar-refractivity contribution in [3.8, 4) is 11.5 Å². The molecular formula is C14H17NO2S. The number of benzene rings is 1. The second-order valence-corrected chi connectivity index (χ2v) is 4.83. The highest BCUT2D eigenvalue weighted by molar-refractivity contribution is 7.07. The molecule has 2 N–H and O–H groups in total. The van der Waals surface area contributed by atoms with Crippen molar-refractivity contribution >= 4 is 11.3 Å². The maximum atomic E-state index is 6.24. The minimum Gasteiger partial charge on any atom is -0.497 e. The molecule has 0 saturated heterocycles. The van der Waals surface area contributed by atoms with E-state index in [1.54, 1.807) is 25.6 Å². The largest absolute Gasteiger partial charge is 0.497 e. The minimum absolute atomic E-state index is 0.0690. The molecular weight excluding hydrogens is 246 g/mol. The van der Waals surface area contributed by atoms with E-state index in [9.17, 15) is 0 Å². The molecule has 96 valence electrons. The first-order valence-corrected chi connectivity index (χ1v) is 6.67. The third-order valence-corrected chi connectivity index (χ3v) is 3.61. The minimum atomic E-state index is -0.0690. The summed E-state index contributed by atoms with van der Waals surface area (Å²) in [5, 5.41) is 4.18. The SMILES string of the molecule is COc1ccc(C(N)Cc2ccsc2)c(OC)c1. The molecule has 0 aliphatic carbocycles. The smallest absolute Gasteiger partial charge is 0.127 e. The van der Waals surface area contributed by atoms with Gasteiger partial charge < -0.3 is 15.2 Å². The van der Waals surface area contributed by atoms with Gasteiger partial charge >= 0.3 is 0 Å². The maximum Gasteiger partial charge on any atom is 0.127 e. The molecule has 2 rings (SSSR count). The Balaban J connectivity index is 2.21. The van der Waals surface area contributed by atoms with Gasteiger partial charge in [-0.25, -0.2) is 0 Å². The highest BCUT2D eigenvalue weighted by atomic mass is 32.1. The van der Waals surface area contributed by atoms with Crippen LogP contribution in [0.4, 0.5) is 0 Å². The van der Waals surface area contributed by atoms with Crippen LogP contribution in [0, 0.1) is 0 Å². The van der Waals surface area contributed by atoms with Gasteiger partial charge in [0.2, 0.25) is 0 Å². The topological polar surface area (TPSA) is 44.5 Å². The second kappa shape index (κ2) is 5.89. The molecule has 3 nitrogen and oxygen atoms in total. The number of methoxy groups -OCH3 is 2. The summed E-state index contributed by atoms with van der Waals surface area (Å²) in [6.45, 7) is 0. The van der Waals surface area contributed by atoms with Crippen LogP contribution in [0.3, 0.4) is 0 Å². The molecule has 0 amide bonds.